The number of hydrogen-bond donors (Lipinski definition) is 3. The van der Waals surface area contributed by atoms with Crippen LogP contribution in [0.3, 0.4) is 0 Å². The number of nitrogens with zero attached hydrogens (tertiary/aromatic N) is 1. The van der Waals surface area contributed by atoms with Crippen molar-refractivity contribution in [3.05, 3.63) is 18.2 Å². The van der Waals surface area contributed by atoms with E-state index in [1.165, 1.54) is 0 Å². The number of carbonyl (C=O) groups is 1. The van der Waals surface area contributed by atoms with Crippen molar-refractivity contribution >= 4 is 5.91 Å². The van der Waals surface area contributed by atoms with Crippen molar-refractivity contribution in [1.29, 1.82) is 0 Å². The highest BCUT2D eigenvalue weighted by Crippen LogP contribution is 2.00. The lowest BCUT2D eigenvalue weighted by molar-refractivity contribution is -0.122. The van der Waals surface area contributed by atoms with Gasteiger partial charge in [0.15, 0.2) is 0 Å². The first-order valence-corrected chi connectivity index (χ1v) is 4.84. The minimum absolute atomic E-state index is 0.0806. The average Bonchev–Trinajstić information content (AvgIpc) is 2.60. The van der Waals surface area contributed by atoms with Gasteiger partial charge in [-0.2, -0.15) is 0 Å². The van der Waals surface area contributed by atoms with Crippen LogP contribution in [0.2, 0.25) is 0 Å². The SMILES string of the molecule is O=C1NCCCN[C@@H]1Cc1cnc[nH]1. The molecule has 76 valence electrons. The molecule has 0 aliphatic carbocycles. The summed E-state index contributed by atoms with van der Waals surface area (Å²) in [7, 11) is 0. The van der Waals surface area contributed by atoms with Gasteiger partial charge < -0.3 is 15.6 Å². The van der Waals surface area contributed by atoms with E-state index in [1.54, 1.807) is 12.5 Å². The van der Waals surface area contributed by atoms with Crippen LogP contribution in [-0.2, 0) is 11.2 Å². The monoisotopic (exact) mass is 194 g/mol. The zero-order valence-corrected chi connectivity index (χ0v) is 7.92. The lowest BCUT2D eigenvalue weighted by Gasteiger charge is -2.12. The molecule has 1 aliphatic heterocycles. The zero-order valence-electron chi connectivity index (χ0n) is 7.92. The van der Waals surface area contributed by atoms with E-state index in [0.29, 0.717) is 6.42 Å². The van der Waals surface area contributed by atoms with Gasteiger partial charge in [0, 0.05) is 24.9 Å². The highest BCUT2D eigenvalue weighted by atomic mass is 16.2. The molecule has 1 saturated heterocycles. The number of H-pyrrole nitrogens is 1. The molecule has 1 aromatic heterocycles. The zero-order chi connectivity index (χ0) is 9.80. The fourth-order valence-corrected chi connectivity index (χ4v) is 1.57. The third-order valence-corrected chi connectivity index (χ3v) is 2.34. The normalized spacial score (nSPS) is 22.9. The maximum absolute atomic E-state index is 11.5. The molecule has 1 atom stereocenters. The van der Waals surface area contributed by atoms with Crippen LogP contribution in [0.25, 0.3) is 0 Å². The van der Waals surface area contributed by atoms with Gasteiger partial charge in [0.2, 0.25) is 5.91 Å². The van der Waals surface area contributed by atoms with Crippen LogP contribution in [0.15, 0.2) is 12.5 Å². The van der Waals surface area contributed by atoms with Crippen molar-refractivity contribution in [2.24, 2.45) is 0 Å². The third-order valence-electron chi connectivity index (χ3n) is 2.34. The summed E-state index contributed by atoms with van der Waals surface area (Å²) in [4.78, 5) is 18.4. The van der Waals surface area contributed by atoms with Crippen LogP contribution in [0.1, 0.15) is 12.1 Å². The summed E-state index contributed by atoms with van der Waals surface area (Å²) in [5, 5.41) is 6.08. The molecule has 1 amide bonds. The van der Waals surface area contributed by atoms with Crippen molar-refractivity contribution in [3.63, 3.8) is 0 Å². The molecule has 5 heteroatoms. The number of nitrogens with one attached hydrogen (secondary N) is 3. The van der Waals surface area contributed by atoms with Crippen LogP contribution < -0.4 is 10.6 Å². The summed E-state index contributed by atoms with van der Waals surface area (Å²) < 4.78 is 0. The molecule has 14 heavy (non-hydrogen) atoms. The Bertz CT molecular complexity index is 296. The summed E-state index contributed by atoms with van der Waals surface area (Å²) in [5.74, 6) is 0.0806. The summed E-state index contributed by atoms with van der Waals surface area (Å²) >= 11 is 0. The second kappa shape index (κ2) is 4.23. The molecule has 2 heterocycles. The van der Waals surface area contributed by atoms with Crippen LogP contribution in [0.4, 0.5) is 0 Å². The Morgan fingerprint density at radius 2 is 2.43 bits per heavy atom. The lowest BCUT2D eigenvalue weighted by atomic mass is 10.1. The molecular formula is C9H14N4O. The molecule has 1 aliphatic rings. The molecular weight excluding hydrogens is 180 g/mol. The fraction of sp³-hybridized carbons (Fsp3) is 0.556. The van der Waals surface area contributed by atoms with E-state index in [4.69, 9.17) is 0 Å². The fourth-order valence-electron chi connectivity index (χ4n) is 1.57. The van der Waals surface area contributed by atoms with E-state index in [1.807, 2.05) is 0 Å². The van der Waals surface area contributed by atoms with Gasteiger partial charge in [0.25, 0.3) is 0 Å². The Morgan fingerprint density at radius 3 is 3.21 bits per heavy atom. The predicted octanol–water partition coefficient (Wildman–Crippen LogP) is -0.570. The van der Waals surface area contributed by atoms with Crippen molar-refractivity contribution in [3.8, 4) is 0 Å². The molecule has 1 fully saturated rings. The highest BCUT2D eigenvalue weighted by Gasteiger charge is 2.20. The van der Waals surface area contributed by atoms with Gasteiger partial charge in [-0.25, -0.2) is 4.98 Å². The van der Waals surface area contributed by atoms with Gasteiger partial charge in [0.05, 0.1) is 12.4 Å². The van der Waals surface area contributed by atoms with E-state index in [-0.39, 0.29) is 11.9 Å². The van der Waals surface area contributed by atoms with E-state index < -0.39 is 0 Å². The molecule has 5 nitrogen and oxygen atoms in total. The van der Waals surface area contributed by atoms with E-state index in [0.717, 1.165) is 25.2 Å². The molecule has 1 aromatic rings. The van der Waals surface area contributed by atoms with Crippen LogP contribution in [0, 0.1) is 0 Å². The summed E-state index contributed by atoms with van der Waals surface area (Å²) in [6.07, 6.45) is 5.04. The van der Waals surface area contributed by atoms with Crippen molar-refractivity contribution in [2.45, 2.75) is 18.9 Å². The number of aromatic nitrogens is 2. The van der Waals surface area contributed by atoms with Crippen molar-refractivity contribution < 1.29 is 4.79 Å². The highest BCUT2D eigenvalue weighted by molar-refractivity contribution is 5.82. The Kier molecular flexibility index (Phi) is 2.78. The van der Waals surface area contributed by atoms with Crippen LogP contribution in [-0.4, -0.2) is 35.0 Å². The smallest absolute Gasteiger partial charge is 0.237 e. The number of rotatable bonds is 2. The maximum Gasteiger partial charge on any atom is 0.237 e. The molecule has 0 bridgehead atoms. The number of carbonyl (C=O) groups excluding carboxylic acids is 1. The summed E-state index contributed by atoms with van der Waals surface area (Å²) in [6, 6.07) is -0.127. The van der Waals surface area contributed by atoms with Gasteiger partial charge >= 0.3 is 0 Å². The standard InChI is InChI=1S/C9H14N4O/c14-9-8(11-2-1-3-12-9)4-7-5-10-6-13-7/h5-6,8,11H,1-4H2,(H,10,13)(H,12,14)/t8-/m1/s1. The second-order valence-corrected chi connectivity index (χ2v) is 3.43. The Morgan fingerprint density at radius 1 is 1.50 bits per heavy atom. The molecule has 0 radical (unpaired) electrons. The first-order chi connectivity index (χ1) is 6.86. The molecule has 0 spiro atoms. The maximum atomic E-state index is 11.5. The Labute approximate surface area is 82.3 Å². The summed E-state index contributed by atoms with van der Waals surface area (Å²) in [6.45, 7) is 1.66. The summed E-state index contributed by atoms with van der Waals surface area (Å²) in [5.41, 5.74) is 0.986. The van der Waals surface area contributed by atoms with Gasteiger partial charge in [-0.3, -0.25) is 4.79 Å². The third kappa shape index (κ3) is 2.11. The van der Waals surface area contributed by atoms with Gasteiger partial charge in [-0.1, -0.05) is 0 Å². The second-order valence-electron chi connectivity index (χ2n) is 3.43. The molecule has 0 unspecified atom stereocenters. The van der Waals surface area contributed by atoms with E-state index in [2.05, 4.69) is 20.6 Å². The van der Waals surface area contributed by atoms with Crippen molar-refractivity contribution in [2.75, 3.05) is 13.1 Å². The van der Waals surface area contributed by atoms with Crippen LogP contribution >= 0.6 is 0 Å². The topological polar surface area (TPSA) is 69.8 Å². The number of amides is 1. The Balaban J connectivity index is 1.98. The van der Waals surface area contributed by atoms with Gasteiger partial charge in [0.1, 0.15) is 0 Å². The Hall–Kier alpha value is -1.36. The number of aromatic amines is 1. The number of imidazole rings is 1. The largest absolute Gasteiger partial charge is 0.355 e. The minimum Gasteiger partial charge on any atom is -0.355 e. The van der Waals surface area contributed by atoms with E-state index >= 15 is 0 Å². The first kappa shape index (κ1) is 9.21. The molecule has 3 N–H and O–H groups in total. The van der Waals surface area contributed by atoms with Gasteiger partial charge in [-0.05, 0) is 13.0 Å². The lowest BCUT2D eigenvalue weighted by Crippen LogP contribution is -2.42. The first-order valence-electron chi connectivity index (χ1n) is 4.84. The molecule has 0 aromatic carbocycles. The molecule has 0 saturated carbocycles. The number of hydrogen-bond acceptors (Lipinski definition) is 3. The van der Waals surface area contributed by atoms with Crippen LogP contribution in [0.5, 0.6) is 0 Å². The predicted molar refractivity (Wildman–Crippen MR) is 51.7 cm³/mol. The van der Waals surface area contributed by atoms with Gasteiger partial charge in [-0.15, -0.1) is 0 Å². The van der Waals surface area contributed by atoms with Crippen molar-refractivity contribution in [1.82, 2.24) is 20.6 Å². The van der Waals surface area contributed by atoms with E-state index in [9.17, 15) is 4.79 Å². The minimum atomic E-state index is -0.127. The average molecular weight is 194 g/mol. The molecule has 2 rings (SSSR count). The quantitative estimate of drug-likeness (QED) is 0.590.